The van der Waals surface area contributed by atoms with E-state index in [9.17, 15) is 8.78 Å². The fourth-order valence-corrected chi connectivity index (χ4v) is 3.35. The van der Waals surface area contributed by atoms with Crippen LogP contribution in [0, 0.1) is 0 Å². The third-order valence-corrected chi connectivity index (χ3v) is 4.45. The maximum absolute atomic E-state index is 12.6. The van der Waals surface area contributed by atoms with Gasteiger partial charge in [0, 0.05) is 12.1 Å². The van der Waals surface area contributed by atoms with Gasteiger partial charge in [-0.05, 0) is 44.8 Å². The van der Waals surface area contributed by atoms with Crippen molar-refractivity contribution >= 4 is 0 Å². The smallest absolute Gasteiger partial charge is 0.251 e. The molecular formula is C16H24F2N2. The molecule has 3 atom stereocenters. The number of nitrogens with one attached hydrogen (secondary N) is 1. The molecule has 1 aromatic rings. The van der Waals surface area contributed by atoms with Crippen LogP contribution in [-0.4, -0.2) is 44.0 Å². The van der Waals surface area contributed by atoms with E-state index in [1.807, 2.05) is 25.1 Å². The Balaban J connectivity index is 2.07. The van der Waals surface area contributed by atoms with Crippen LogP contribution in [0.15, 0.2) is 30.3 Å². The zero-order valence-electron chi connectivity index (χ0n) is 12.2. The molecule has 0 heterocycles. The SMILES string of the molecule is CNC1CCC(c2ccccc2)CC1N(C)CC(F)F. The van der Waals surface area contributed by atoms with E-state index in [-0.39, 0.29) is 12.6 Å². The number of benzene rings is 1. The summed E-state index contributed by atoms with van der Waals surface area (Å²) in [5.74, 6) is 0.478. The highest BCUT2D eigenvalue weighted by atomic mass is 19.3. The fourth-order valence-electron chi connectivity index (χ4n) is 3.35. The summed E-state index contributed by atoms with van der Waals surface area (Å²) in [5, 5.41) is 3.29. The maximum Gasteiger partial charge on any atom is 0.251 e. The molecule has 1 fully saturated rings. The van der Waals surface area contributed by atoms with Gasteiger partial charge in [0.1, 0.15) is 0 Å². The first kappa shape index (κ1) is 15.4. The van der Waals surface area contributed by atoms with E-state index >= 15 is 0 Å². The van der Waals surface area contributed by atoms with Crippen molar-refractivity contribution in [3.63, 3.8) is 0 Å². The molecule has 2 nitrogen and oxygen atoms in total. The molecule has 2 rings (SSSR count). The highest BCUT2D eigenvalue weighted by Crippen LogP contribution is 2.34. The molecule has 1 aliphatic rings. The van der Waals surface area contributed by atoms with E-state index in [4.69, 9.17) is 0 Å². The van der Waals surface area contributed by atoms with Gasteiger partial charge < -0.3 is 5.32 Å². The molecule has 4 heteroatoms. The predicted octanol–water partition coefficient (Wildman–Crippen LogP) is 3.11. The average Bonchev–Trinajstić information content (AvgIpc) is 2.46. The lowest BCUT2D eigenvalue weighted by Gasteiger charge is -2.41. The average molecular weight is 282 g/mol. The van der Waals surface area contributed by atoms with Gasteiger partial charge in [-0.15, -0.1) is 0 Å². The minimum atomic E-state index is -2.27. The minimum Gasteiger partial charge on any atom is -0.315 e. The van der Waals surface area contributed by atoms with Gasteiger partial charge in [0.25, 0.3) is 6.43 Å². The molecule has 0 saturated heterocycles. The largest absolute Gasteiger partial charge is 0.315 e. The van der Waals surface area contributed by atoms with Crippen molar-refractivity contribution in [2.24, 2.45) is 0 Å². The first-order valence-corrected chi connectivity index (χ1v) is 7.32. The molecule has 20 heavy (non-hydrogen) atoms. The number of hydrogen-bond acceptors (Lipinski definition) is 2. The van der Waals surface area contributed by atoms with Crippen molar-refractivity contribution < 1.29 is 8.78 Å². The highest BCUT2D eigenvalue weighted by molar-refractivity contribution is 5.21. The Hall–Kier alpha value is -1.00. The van der Waals surface area contributed by atoms with Crippen LogP contribution in [0.3, 0.4) is 0 Å². The lowest BCUT2D eigenvalue weighted by molar-refractivity contribution is 0.0568. The standard InChI is InChI=1S/C16H24F2N2/c1-19-14-9-8-13(12-6-4-3-5-7-12)10-15(14)20(2)11-16(17)18/h3-7,13-16,19H,8-11H2,1-2H3. The van der Waals surface area contributed by atoms with E-state index in [1.54, 1.807) is 0 Å². The van der Waals surface area contributed by atoms with Crippen molar-refractivity contribution in [3.05, 3.63) is 35.9 Å². The summed E-state index contributed by atoms with van der Waals surface area (Å²) in [5.41, 5.74) is 1.33. The molecule has 112 valence electrons. The monoisotopic (exact) mass is 282 g/mol. The summed E-state index contributed by atoms with van der Waals surface area (Å²) in [6, 6.07) is 10.9. The highest BCUT2D eigenvalue weighted by Gasteiger charge is 2.33. The number of alkyl halides is 2. The summed E-state index contributed by atoms with van der Waals surface area (Å²) in [6.45, 7) is -0.148. The Kier molecular flexibility index (Phi) is 5.49. The van der Waals surface area contributed by atoms with Crippen molar-refractivity contribution in [3.8, 4) is 0 Å². The molecule has 1 aliphatic carbocycles. The molecular weight excluding hydrogens is 258 g/mol. The fraction of sp³-hybridized carbons (Fsp3) is 0.625. The molecule has 0 aromatic heterocycles. The first-order valence-electron chi connectivity index (χ1n) is 7.32. The topological polar surface area (TPSA) is 15.3 Å². The van der Waals surface area contributed by atoms with Gasteiger partial charge in [0.15, 0.2) is 0 Å². The Bertz CT molecular complexity index is 397. The van der Waals surface area contributed by atoms with Crippen LogP contribution < -0.4 is 5.32 Å². The second-order valence-electron chi connectivity index (χ2n) is 5.71. The van der Waals surface area contributed by atoms with Gasteiger partial charge in [-0.1, -0.05) is 30.3 Å². The Morgan fingerprint density at radius 2 is 1.95 bits per heavy atom. The number of rotatable bonds is 5. The molecule has 0 amide bonds. The van der Waals surface area contributed by atoms with E-state index < -0.39 is 6.43 Å². The Labute approximate surface area is 120 Å². The molecule has 0 aliphatic heterocycles. The molecule has 1 saturated carbocycles. The second-order valence-corrected chi connectivity index (χ2v) is 5.71. The van der Waals surface area contributed by atoms with Gasteiger partial charge >= 0.3 is 0 Å². The summed E-state index contributed by atoms with van der Waals surface area (Å²) in [4.78, 5) is 1.82. The van der Waals surface area contributed by atoms with Crippen molar-refractivity contribution in [2.45, 2.75) is 43.7 Å². The molecule has 1 N–H and O–H groups in total. The van der Waals surface area contributed by atoms with Crippen molar-refractivity contribution in [1.29, 1.82) is 0 Å². The third kappa shape index (κ3) is 3.76. The molecule has 3 unspecified atom stereocenters. The third-order valence-electron chi connectivity index (χ3n) is 4.45. The Morgan fingerprint density at radius 1 is 1.25 bits per heavy atom. The van der Waals surface area contributed by atoms with Gasteiger partial charge in [-0.3, -0.25) is 4.90 Å². The van der Waals surface area contributed by atoms with Crippen LogP contribution in [-0.2, 0) is 0 Å². The summed E-state index contributed by atoms with van der Waals surface area (Å²) in [6.07, 6.45) is 0.830. The zero-order chi connectivity index (χ0) is 14.5. The molecule has 0 bridgehead atoms. The van der Waals surface area contributed by atoms with Gasteiger partial charge in [-0.25, -0.2) is 8.78 Å². The van der Waals surface area contributed by atoms with E-state index in [1.165, 1.54) is 5.56 Å². The summed E-state index contributed by atoms with van der Waals surface area (Å²) >= 11 is 0. The van der Waals surface area contributed by atoms with E-state index in [0.717, 1.165) is 19.3 Å². The Morgan fingerprint density at radius 3 is 2.55 bits per heavy atom. The second kappa shape index (κ2) is 7.14. The van der Waals surface area contributed by atoms with Crippen LogP contribution in [0.5, 0.6) is 0 Å². The van der Waals surface area contributed by atoms with E-state index in [2.05, 4.69) is 29.6 Å². The van der Waals surface area contributed by atoms with Crippen LogP contribution in [0.25, 0.3) is 0 Å². The predicted molar refractivity (Wildman–Crippen MR) is 78.3 cm³/mol. The number of hydrogen-bond donors (Lipinski definition) is 1. The summed E-state index contributed by atoms with van der Waals surface area (Å²) in [7, 11) is 3.74. The normalized spacial score (nSPS) is 27.2. The quantitative estimate of drug-likeness (QED) is 0.892. The first-order chi connectivity index (χ1) is 9.61. The number of halogens is 2. The number of nitrogens with zero attached hydrogens (tertiary/aromatic N) is 1. The maximum atomic E-state index is 12.6. The summed E-state index contributed by atoms with van der Waals surface area (Å²) < 4.78 is 25.3. The van der Waals surface area contributed by atoms with Gasteiger partial charge in [-0.2, -0.15) is 0 Å². The van der Waals surface area contributed by atoms with Gasteiger partial charge in [0.05, 0.1) is 6.54 Å². The lowest BCUT2D eigenvalue weighted by Crippen LogP contribution is -2.51. The van der Waals surface area contributed by atoms with Crippen LogP contribution in [0.2, 0.25) is 0 Å². The van der Waals surface area contributed by atoms with Crippen LogP contribution >= 0.6 is 0 Å². The van der Waals surface area contributed by atoms with Gasteiger partial charge in [0.2, 0.25) is 0 Å². The lowest BCUT2D eigenvalue weighted by atomic mass is 9.78. The van der Waals surface area contributed by atoms with Crippen molar-refractivity contribution in [2.75, 3.05) is 20.6 Å². The minimum absolute atomic E-state index is 0.148. The molecule has 1 aromatic carbocycles. The van der Waals surface area contributed by atoms with E-state index in [0.29, 0.717) is 12.0 Å². The molecule has 0 spiro atoms. The van der Waals surface area contributed by atoms with Crippen LogP contribution in [0.4, 0.5) is 8.78 Å². The van der Waals surface area contributed by atoms with Crippen molar-refractivity contribution in [1.82, 2.24) is 10.2 Å². The number of likely N-dealkylation sites (N-methyl/N-ethyl adjacent to an activating group) is 2. The zero-order valence-corrected chi connectivity index (χ0v) is 12.2. The van der Waals surface area contributed by atoms with Crippen LogP contribution in [0.1, 0.15) is 30.7 Å². The molecule has 0 radical (unpaired) electrons.